The number of rotatable bonds is 1. The first kappa shape index (κ1) is 11.2. The van der Waals surface area contributed by atoms with Gasteiger partial charge in [-0.25, -0.2) is 0 Å². The summed E-state index contributed by atoms with van der Waals surface area (Å²) in [6, 6.07) is 0. The molecule has 0 saturated carbocycles. The highest BCUT2D eigenvalue weighted by atomic mass is 32.2. The number of allylic oxidation sites excluding steroid dienone is 4. The smallest absolute Gasteiger partial charge is 0.282 e. The molecule has 0 amide bonds. The quantitative estimate of drug-likeness (QED) is 0.551. The highest BCUT2D eigenvalue weighted by molar-refractivity contribution is 7.89. The van der Waals surface area contributed by atoms with E-state index in [9.17, 15) is 26.0 Å². The highest BCUT2D eigenvalue weighted by Crippen LogP contribution is 2.44. The maximum atomic E-state index is 12.7. The van der Waals surface area contributed by atoms with Crippen LogP contribution in [-0.2, 0) is 10.1 Å². The van der Waals surface area contributed by atoms with E-state index in [0.717, 1.165) is 0 Å². The molecule has 0 aromatic heterocycles. The predicted molar refractivity (Wildman–Crippen MR) is 38.7 cm³/mol. The Morgan fingerprint density at radius 1 is 1.21 bits per heavy atom. The minimum absolute atomic E-state index is 0.137. The molecule has 0 unspecified atom stereocenters. The van der Waals surface area contributed by atoms with Gasteiger partial charge in [-0.15, -0.1) is 0 Å². The molecule has 14 heavy (non-hydrogen) atoms. The Morgan fingerprint density at radius 2 is 1.71 bits per heavy atom. The van der Waals surface area contributed by atoms with Gasteiger partial charge in [0.2, 0.25) is 0 Å². The van der Waals surface area contributed by atoms with Crippen LogP contribution in [0.3, 0.4) is 0 Å². The summed E-state index contributed by atoms with van der Waals surface area (Å²) in [6.45, 7) is 0. The number of alkyl halides is 4. The summed E-state index contributed by atoms with van der Waals surface area (Å²) in [5.41, 5.74) is 0. The van der Waals surface area contributed by atoms with E-state index >= 15 is 0 Å². The van der Waals surface area contributed by atoms with Gasteiger partial charge in [-0.2, -0.15) is 26.0 Å². The maximum Gasteiger partial charge on any atom is 0.351 e. The Kier molecular flexibility index (Phi) is 2.24. The molecular formula is C6H4F4O3S. The lowest BCUT2D eigenvalue weighted by Gasteiger charge is -2.26. The Balaban J connectivity index is 3.36. The molecule has 1 aliphatic rings. The van der Waals surface area contributed by atoms with Gasteiger partial charge in [-0.05, 0) is 12.2 Å². The Labute approximate surface area is 76.5 Å². The summed E-state index contributed by atoms with van der Waals surface area (Å²) >= 11 is 0. The number of hydrogen-bond donors (Lipinski definition) is 1. The first-order valence-electron chi connectivity index (χ1n) is 3.22. The van der Waals surface area contributed by atoms with Crippen LogP contribution in [-0.4, -0.2) is 24.8 Å². The van der Waals surface area contributed by atoms with E-state index in [1.807, 2.05) is 0 Å². The molecule has 0 atom stereocenters. The van der Waals surface area contributed by atoms with Crippen LogP contribution in [0, 0.1) is 0 Å². The van der Waals surface area contributed by atoms with Crippen LogP contribution in [0.1, 0.15) is 0 Å². The topological polar surface area (TPSA) is 54.4 Å². The van der Waals surface area contributed by atoms with Gasteiger partial charge in [-0.3, -0.25) is 4.55 Å². The second-order valence-electron chi connectivity index (χ2n) is 2.56. The molecule has 0 radical (unpaired) electrons. The zero-order valence-electron chi connectivity index (χ0n) is 6.42. The van der Waals surface area contributed by atoms with Crippen LogP contribution in [0.2, 0.25) is 0 Å². The van der Waals surface area contributed by atoms with E-state index in [4.69, 9.17) is 4.55 Å². The first-order valence-corrected chi connectivity index (χ1v) is 4.66. The van der Waals surface area contributed by atoms with Crippen LogP contribution in [0.5, 0.6) is 0 Å². The van der Waals surface area contributed by atoms with Crippen LogP contribution < -0.4 is 0 Å². The summed E-state index contributed by atoms with van der Waals surface area (Å²) in [4.78, 5) is -2.00. The van der Waals surface area contributed by atoms with Crippen LogP contribution >= 0.6 is 0 Å². The fraction of sp³-hybridized carbons (Fsp3) is 0.333. The van der Waals surface area contributed by atoms with Gasteiger partial charge < -0.3 is 0 Å². The molecule has 8 heteroatoms. The summed E-state index contributed by atoms with van der Waals surface area (Å²) < 4.78 is 79.4. The highest BCUT2D eigenvalue weighted by Gasteiger charge is 2.61. The molecule has 80 valence electrons. The number of halogens is 4. The molecule has 1 rings (SSSR count). The molecular weight excluding hydrogens is 228 g/mol. The van der Waals surface area contributed by atoms with Crippen LogP contribution in [0.15, 0.2) is 23.1 Å². The largest absolute Gasteiger partial charge is 0.351 e. The monoisotopic (exact) mass is 232 g/mol. The molecule has 1 aliphatic carbocycles. The normalized spacial score (nSPS) is 24.5. The average Bonchev–Trinajstić information content (AvgIpc) is 1.92. The fourth-order valence-corrected chi connectivity index (χ4v) is 1.59. The van der Waals surface area contributed by atoms with Crippen molar-refractivity contribution in [2.45, 2.75) is 11.8 Å². The van der Waals surface area contributed by atoms with Crippen LogP contribution in [0.25, 0.3) is 0 Å². The molecule has 0 heterocycles. The minimum Gasteiger partial charge on any atom is -0.282 e. The molecule has 0 aromatic rings. The van der Waals surface area contributed by atoms with Gasteiger partial charge in [0.05, 0.1) is 0 Å². The molecule has 0 saturated heterocycles. The van der Waals surface area contributed by atoms with Crippen molar-refractivity contribution in [1.29, 1.82) is 0 Å². The summed E-state index contributed by atoms with van der Waals surface area (Å²) in [6.07, 6.45) is 0.537. The van der Waals surface area contributed by atoms with E-state index < -0.39 is 26.9 Å². The maximum absolute atomic E-state index is 12.7. The van der Waals surface area contributed by atoms with Crippen molar-refractivity contribution in [3.05, 3.63) is 23.1 Å². The third-order valence-corrected chi connectivity index (χ3v) is 2.51. The Bertz CT molecular complexity index is 407. The van der Waals surface area contributed by atoms with Gasteiger partial charge in [-0.1, -0.05) is 6.08 Å². The zero-order chi connectivity index (χ0) is 11.2. The van der Waals surface area contributed by atoms with Crippen molar-refractivity contribution in [3.63, 3.8) is 0 Å². The van der Waals surface area contributed by atoms with Gasteiger partial charge in [0, 0.05) is 0 Å². The van der Waals surface area contributed by atoms with E-state index in [1.165, 1.54) is 0 Å². The molecule has 0 aliphatic heterocycles. The van der Waals surface area contributed by atoms with Crippen molar-refractivity contribution in [1.82, 2.24) is 0 Å². The van der Waals surface area contributed by atoms with Gasteiger partial charge in [0.15, 0.2) is 0 Å². The minimum atomic E-state index is -5.32. The second-order valence-corrected chi connectivity index (χ2v) is 3.95. The lowest BCUT2D eigenvalue weighted by molar-refractivity contribution is -0.151. The van der Waals surface area contributed by atoms with Crippen LogP contribution in [0.4, 0.5) is 17.6 Å². The zero-order valence-corrected chi connectivity index (χ0v) is 7.23. The predicted octanol–water partition coefficient (Wildman–Crippen LogP) is 1.60. The molecule has 3 nitrogen and oxygen atoms in total. The molecule has 0 spiro atoms. The Morgan fingerprint density at radius 3 is 2.07 bits per heavy atom. The van der Waals surface area contributed by atoms with Gasteiger partial charge in [0.25, 0.3) is 10.1 Å². The SMILES string of the molecule is O=S(=O)(O)C1=CC=CC(F)(F)C1(F)F. The lowest BCUT2D eigenvalue weighted by atomic mass is 10.1. The molecule has 0 bridgehead atoms. The third-order valence-electron chi connectivity index (χ3n) is 1.56. The second kappa shape index (κ2) is 2.80. The fourth-order valence-electron chi connectivity index (χ4n) is 0.878. The summed E-state index contributed by atoms with van der Waals surface area (Å²) in [7, 11) is -5.32. The van der Waals surface area contributed by atoms with Crippen molar-refractivity contribution >= 4 is 10.1 Å². The van der Waals surface area contributed by atoms with E-state index in [2.05, 4.69) is 0 Å². The molecule has 0 fully saturated rings. The lowest BCUT2D eigenvalue weighted by Crippen LogP contribution is -2.44. The van der Waals surface area contributed by atoms with E-state index in [-0.39, 0.29) is 12.2 Å². The molecule has 0 aromatic carbocycles. The van der Waals surface area contributed by atoms with Gasteiger partial charge >= 0.3 is 11.8 Å². The summed E-state index contributed by atoms with van der Waals surface area (Å²) in [5, 5.41) is 0. The van der Waals surface area contributed by atoms with E-state index in [1.54, 1.807) is 0 Å². The van der Waals surface area contributed by atoms with Gasteiger partial charge in [0.1, 0.15) is 4.91 Å². The van der Waals surface area contributed by atoms with Crippen molar-refractivity contribution in [3.8, 4) is 0 Å². The summed E-state index contributed by atoms with van der Waals surface area (Å²) in [5.74, 6) is -9.54. The Hall–Kier alpha value is -0.890. The number of hydrogen-bond acceptors (Lipinski definition) is 2. The van der Waals surface area contributed by atoms with Crippen molar-refractivity contribution in [2.75, 3.05) is 0 Å². The van der Waals surface area contributed by atoms with Crippen molar-refractivity contribution < 1.29 is 30.5 Å². The molecule has 1 N–H and O–H groups in total. The van der Waals surface area contributed by atoms with E-state index in [0.29, 0.717) is 6.08 Å². The standard InChI is InChI=1S/C6H4F4O3S/c7-5(8)3-1-2-4(6(5,9)10)14(11,12)13/h1-3H,(H,11,12,13). The van der Waals surface area contributed by atoms with Crippen molar-refractivity contribution in [2.24, 2.45) is 0 Å². The first-order chi connectivity index (χ1) is 6.09. The average molecular weight is 232 g/mol. The third kappa shape index (κ3) is 1.55.